The van der Waals surface area contributed by atoms with Gasteiger partial charge in [0.05, 0.1) is 11.4 Å². The molecule has 0 N–H and O–H groups in total. The van der Waals surface area contributed by atoms with Gasteiger partial charge in [-0.05, 0) is 52.3 Å². The van der Waals surface area contributed by atoms with Gasteiger partial charge >= 0.3 is 120 Å². The number of rotatable bonds is 8. The summed E-state index contributed by atoms with van der Waals surface area (Å²) in [5, 5.41) is 2.11. The quantitative estimate of drug-likeness (QED) is 0.112. The van der Waals surface area contributed by atoms with Crippen LogP contribution in [0.25, 0.3) is 72.7 Å². The van der Waals surface area contributed by atoms with Gasteiger partial charge in [-0.25, -0.2) is 9.97 Å². The molecule has 60 heavy (non-hydrogen) atoms. The maximum Gasteiger partial charge on any atom is 0 e. The third-order valence-corrected chi connectivity index (χ3v) is 15.1. The van der Waals surface area contributed by atoms with Gasteiger partial charge in [-0.1, -0.05) is 87.2 Å². The molecule has 6 nitrogen and oxygen atoms in total. The minimum absolute atomic E-state index is 0. The van der Waals surface area contributed by atoms with Crippen molar-refractivity contribution in [1.82, 2.24) is 24.5 Å². The summed E-state index contributed by atoms with van der Waals surface area (Å²) in [7, 11) is 0. The Bertz CT molecular complexity index is 2940. The third kappa shape index (κ3) is 8.41. The maximum absolute atomic E-state index is 8.44. The Morgan fingerprint density at radius 3 is 2.03 bits per heavy atom. The van der Waals surface area contributed by atoms with Crippen molar-refractivity contribution in [3.05, 3.63) is 157 Å². The summed E-state index contributed by atoms with van der Waals surface area (Å²) >= 11 is -2.03. The fourth-order valence-corrected chi connectivity index (χ4v) is 11.1. The maximum atomic E-state index is 8.44. The van der Waals surface area contributed by atoms with Gasteiger partial charge < -0.3 is 8.98 Å². The van der Waals surface area contributed by atoms with E-state index in [0.717, 1.165) is 61.5 Å². The standard InChI is InChI=1S/C35H29N4O.C17H22GeN.Ir/c1-21(2)28-19-24(23-11-6-5-7-12-23)20-29(22(3)4)31(28)39-34(38-33-35(39)37-18-17-36-33)27-15-10-14-26-25-13-8-9-16-30(25)40-32(26)27;1-13(2)15-11-17(14-9-7-6-8-10-14)19-12-16(15)18(3,4)5;/h5-14,16-22H,1-4H3;6-9,11-13H,1-5H3;/q2*-1;/i;13D;. The zero-order valence-corrected chi connectivity index (χ0v) is 40.2. The van der Waals surface area contributed by atoms with Gasteiger partial charge in [0.15, 0.2) is 11.3 Å². The average molecular weight is 1030 g/mol. The number of furan rings is 1. The number of nitrogens with zero attached hydrogens (tertiary/aromatic N) is 5. The summed E-state index contributed by atoms with van der Waals surface area (Å²) in [6, 6.07) is 44.0. The van der Waals surface area contributed by atoms with Gasteiger partial charge in [0, 0.05) is 43.6 Å². The summed E-state index contributed by atoms with van der Waals surface area (Å²) in [6.07, 6.45) is 5.43. The van der Waals surface area contributed by atoms with Crippen LogP contribution in [-0.4, -0.2) is 37.8 Å². The first kappa shape index (κ1) is 41.5. The molecule has 0 spiro atoms. The van der Waals surface area contributed by atoms with Crippen molar-refractivity contribution >= 4 is 50.9 Å². The number of hydrogen-bond acceptors (Lipinski definition) is 5. The third-order valence-electron chi connectivity index (χ3n) is 10.8. The predicted octanol–water partition coefficient (Wildman–Crippen LogP) is 13.3. The topological polar surface area (TPSA) is 69.6 Å². The number of imidazole rings is 1. The number of hydrogen-bond donors (Lipinski definition) is 0. The summed E-state index contributed by atoms with van der Waals surface area (Å²) in [6.45, 7) is 12.9. The fourth-order valence-electron chi connectivity index (χ4n) is 7.83. The molecule has 0 aliphatic heterocycles. The van der Waals surface area contributed by atoms with Crippen molar-refractivity contribution in [2.75, 3.05) is 0 Å². The second kappa shape index (κ2) is 17.8. The molecule has 0 amide bonds. The Morgan fingerprint density at radius 1 is 0.683 bits per heavy atom. The molecule has 0 aliphatic rings. The molecule has 1 radical (unpaired) electrons. The van der Waals surface area contributed by atoms with E-state index in [2.05, 4.69) is 132 Å². The van der Waals surface area contributed by atoms with E-state index < -0.39 is 19.2 Å². The minimum Gasteiger partial charge on any atom is 0 e. The summed E-state index contributed by atoms with van der Waals surface area (Å²) in [5.41, 5.74) is 12.7. The molecule has 0 unspecified atom stereocenters. The number of aromatic nitrogens is 5. The zero-order valence-electron chi connectivity index (χ0n) is 36.8. The van der Waals surface area contributed by atoms with Crippen LogP contribution in [0, 0.1) is 12.1 Å². The van der Waals surface area contributed by atoms with Crippen LogP contribution in [0.3, 0.4) is 0 Å². The molecule has 4 aromatic heterocycles. The van der Waals surface area contributed by atoms with Crippen LogP contribution in [0.2, 0.25) is 17.3 Å². The van der Waals surface area contributed by atoms with Crippen LogP contribution in [0.1, 0.15) is 77.3 Å². The molecule has 0 saturated carbocycles. The van der Waals surface area contributed by atoms with Gasteiger partial charge in [-0.2, -0.15) is 0 Å². The van der Waals surface area contributed by atoms with Crippen molar-refractivity contribution in [2.24, 2.45) is 0 Å². The molecule has 0 bridgehead atoms. The zero-order chi connectivity index (χ0) is 42.3. The van der Waals surface area contributed by atoms with E-state index >= 15 is 0 Å². The molecule has 0 fully saturated rings. The molecule has 5 aromatic carbocycles. The van der Waals surface area contributed by atoms with E-state index in [1.807, 2.05) is 68.6 Å². The SMILES string of the molecule is CC(C)c1cc(-c2ccccc2)cc(C(C)C)c1-n1c(-c2[c-]ccc3c2oc2ccccc23)nc2nccnc21.[2H]C(C)(C)c1cc(-c2[c-]cccc2)nc[c]1[Ge]([CH3])([CH3])[CH3].[Ir]. The number of para-hydroxylation sites is 1. The fraction of sp³-hybridized carbons (Fsp3) is 0.231. The van der Waals surface area contributed by atoms with Crippen LogP contribution in [-0.2, 0) is 20.1 Å². The number of fused-ring (bicyclic) bond motifs is 4. The molecular formula is C52H51GeIrN5O-2. The van der Waals surface area contributed by atoms with Crippen LogP contribution in [0.5, 0.6) is 0 Å². The average Bonchev–Trinajstić information content (AvgIpc) is 3.82. The Kier molecular flexibility index (Phi) is 12.3. The van der Waals surface area contributed by atoms with Crippen LogP contribution < -0.4 is 4.40 Å². The molecule has 9 aromatic rings. The van der Waals surface area contributed by atoms with E-state index in [4.69, 9.17) is 15.8 Å². The predicted molar refractivity (Wildman–Crippen MR) is 247 cm³/mol. The van der Waals surface area contributed by atoms with Crippen LogP contribution in [0.15, 0.2) is 132 Å². The smallest absolute Gasteiger partial charge is 0 e. The van der Waals surface area contributed by atoms with E-state index in [-0.39, 0.29) is 31.9 Å². The first-order chi connectivity index (χ1) is 28.7. The number of pyridine rings is 1. The summed E-state index contributed by atoms with van der Waals surface area (Å²) in [4.78, 5) is 19.1. The van der Waals surface area contributed by atoms with Gasteiger partial charge in [0.25, 0.3) is 0 Å². The second-order valence-electron chi connectivity index (χ2n) is 17.0. The minimum atomic E-state index is -2.03. The normalized spacial score (nSPS) is 12.2. The van der Waals surface area contributed by atoms with Crippen molar-refractivity contribution in [2.45, 2.75) is 76.5 Å². The molecule has 8 heteroatoms. The number of benzene rings is 5. The molecule has 0 atom stereocenters. The van der Waals surface area contributed by atoms with Crippen LogP contribution >= 0.6 is 0 Å². The van der Waals surface area contributed by atoms with Crippen molar-refractivity contribution in [3.63, 3.8) is 0 Å². The molecule has 0 aliphatic carbocycles. The van der Waals surface area contributed by atoms with Gasteiger partial charge in [0.1, 0.15) is 5.58 Å². The van der Waals surface area contributed by atoms with Crippen molar-refractivity contribution < 1.29 is 25.9 Å². The largest absolute Gasteiger partial charge is 0 e. The second-order valence-corrected chi connectivity index (χ2v) is 27.6. The monoisotopic (exact) mass is 1030 g/mol. The van der Waals surface area contributed by atoms with Gasteiger partial charge in [0.2, 0.25) is 0 Å². The Balaban J connectivity index is 0.000000226. The summed E-state index contributed by atoms with van der Waals surface area (Å²) in [5.74, 6) is 7.68. The molecule has 305 valence electrons. The Labute approximate surface area is 371 Å². The molecule has 4 heterocycles. The molecule has 9 rings (SSSR count). The first-order valence-corrected chi connectivity index (χ1v) is 27.8. The van der Waals surface area contributed by atoms with Crippen molar-refractivity contribution in [1.29, 1.82) is 0 Å². The first-order valence-electron chi connectivity index (χ1n) is 20.9. The Morgan fingerprint density at radius 2 is 1.37 bits per heavy atom. The Hall–Kier alpha value is -5.21. The van der Waals surface area contributed by atoms with E-state index in [1.54, 1.807) is 12.4 Å². The van der Waals surface area contributed by atoms with E-state index in [0.29, 0.717) is 5.65 Å². The van der Waals surface area contributed by atoms with Crippen molar-refractivity contribution in [3.8, 4) is 39.5 Å². The molecule has 0 saturated heterocycles. The van der Waals surface area contributed by atoms with E-state index in [9.17, 15) is 0 Å². The van der Waals surface area contributed by atoms with Gasteiger partial charge in [-0.3, -0.25) is 4.98 Å². The van der Waals surface area contributed by atoms with Crippen LogP contribution in [0.4, 0.5) is 0 Å². The summed E-state index contributed by atoms with van der Waals surface area (Å²) < 4.78 is 18.4. The van der Waals surface area contributed by atoms with E-state index in [1.165, 1.54) is 26.6 Å². The molecular weight excluding hydrogens is 975 g/mol. The van der Waals surface area contributed by atoms with Gasteiger partial charge in [-0.15, -0.1) is 18.2 Å².